The molecular weight excluding hydrogens is 398 g/mol. The first-order valence-electron chi connectivity index (χ1n) is 10.8. The summed E-state index contributed by atoms with van der Waals surface area (Å²) in [5.41, 5.74) is 5.06. The van der Waals surface area contributed by atoms with Crippen LogP contribution in [0, 0.1) is 11.3 Å². The lowest BCUT2D eigenvalue weighted by Gasteiger charge is -2.31. The van der Waals surface area contributed by atoms with Gasteiger partial charge in [0.15, 0.2) is 11.3 Å². The van der Waals surface area contributed by atoms with E-state index in [4.69, 9.17) is 14.3 Å². The molecule has 5 aromatic rings. The topological polar surface area (TPSA) is 64.0 Å². The second-order valence-corrected chi connectivity index (χ2v) is 8.37. The van der Waals surface area contributed by atoms with E-state index < -0.39 is 5.41 Å². The van der Waals surface area contributed by atoms with Crippen LogP contribution in [0.1, 0.15) is 23.2 Å². The van der Waals surface area contributed by atoms with Gasteiger partial charge in [-0.2, -0.15) is 10.4 Å². The molecule has 1 unspecified atom stereocenters. The van der Waals surface area contributed by atoms with E-state index in [1.54, 1.807) is 7.11 Å². The molecule has 1 aliphatic carbocycles. The molecule has 1 atom stereocenters. The van der Waals surface area contributed by atoms with Crippen LogP contribution in [-0.2, 0) is 18.3 Å². The van der Waals surface area contributed by atoms with Gasteiger partial charge in [0, 0.05) is 17.0 Å². The number of rotatable bonds is 3. The number of nitriles is 1. The highest BCUT2D eigenvalue weighted by Crippen LogP contribution is 2.46. The Balaban J connectivity index is 1.53. The number of fused-ring (bicyclic) bond motifs is 4. The number of ether oxygens (including phenoxy) is 1. The van der Waals surface area contributed by atoms with Crippen LogP contribution in [0.3, 0.4) is 0 Å². The zero-order chi connectivity index (χ0) is 21.7. The molecule has 3 aromatic carbocycles. The van der Waals surface area contributed by atoms with Crippen LogP contribution >= 0.6 is 0 Å². The molecule has 0 spiro atoms. The maximum absolute atomic E-state index is 10.5. The van der Waals surface area contributed by atoms with Crippen molar-refractivity contribution in [3.05, 3.63) is 89.7 Å². The Morgan fingerprint density at radius 1 is 1.06 bits per heavy atom. The van der Waals surface area contributed by atoms with Crippen molar-refractivity contribution in [2.45, 2.75) is 24.7 Å². The van der Waals surface area contributed by atoms with E-state index in [2.05, 4.69) is 18.3 Å². The minimum absolute atomic E-state index is 0.618. The molecule has 0 radical (unpaired) electrons. The van der Waals surface area contributed by atoms with Gasteiger partial charge in [0.25, 0.3) is 0 Å². The van der Waals surface area contributed by atoms with Gasteiger partial charge in [-0.3, -0.25) is 0 Å². The smallest absolute Gasteiger partial charge is 0.177 e. The Labute approximate surface area is 185 Å². The maximum atomic E-state index is 10.5. The first-order chi connectivity index (χ1) is 15.7. The van der Waals surface area contributed by atoms with Crippen molar-refractivity contribution in [3.8, 4) is 17.5 Å². The summed E-state index contributed by atoms with van der Waals surface area (Å²) in [5, 5.41) is 17.3. The molecule has 5 nitrogen and oxygen atoms in total. The highest BCUT2D eigenvalue weighted by atomic mass is 16.5. The molecule has 32 heavy (non-hydrogen) atoms. The Bertz CT molecular complexity index is 1510. The number of para-hydroxylation sites is 2. The summed E-state index contributed by atoms with van der Waals surface area (Å²) in [7, 11) is 1.65. The number of aromatic nitrogens is 2. The quantitative estimate of drug-likeness (QED) is 0.375. The molecule has 0 fully saturated rings. The predicted molar refractivity (Wildman–Crippen MR) is 123 cm³/mol. The molecule has 0 aliphatic heterocycles. The lowest BCUT2D eigenvalue weighted by atomic mass is 9.69. The van der Waals surface area contributed by atoms with Crippen LogP contribution in [0.25, 0.3) is 27.6 Å². The number of hydrogen-bond acceptors (Lipinski definition) is 4. The van der Waals surface area contributed by atoms with Gasteiger partial charge >= 0.3 is 0 Å². The SMILES string of the molecule is COc1ccc(C2(C#N)CCc3nn(-c4ccccc4)cc3C2)c2c1oc1ccccc12. The van der Waals surface area contributed by atoms with E-state index in [-0.39, 0.29) is 0 Å². The van der Waals surface area contributed by atoms with Crippen molar-refractivity contribution in [2.24, 2.45) is 0 Å². The molecule has 1 aliphatic rings. The fraction of sp³-hybridized carbons (Fsp3) is 0.185. The van der Waals surface area contributed by atoms with E-state index in [1.807, 2.05) is 65.3 Å². The summed E-state index contributed by atoms with van der Waals surface area (Å²) in [5.74, 6) is 0.682. The Hall–Kier alpha value is -4.04. The van der Waals surface area contributed by atoms with Crippen molar-refractivity contribution in [1.82, 2.24) is 9.78 Å². The number of nitrogens with zero attached hydrogens (tertiary/aromatic N) is 3. The maximum Gasteiger partial charge on any atom is 0.177 e. The summed E-state index contributed by atoms with van der Waals surface area (Å²) in [6.45, 7) is 0. The fourth-order valence-corrected chi connectivity index (χ4v) is 5.01. The summed E-state index contributed by atoms with van der Waals surface area (Å²) in [6.07, 6.45) is 4.16. The van der Waals surface area contributed by atoms with Crippen molar-refractivity contribution in [2.75, 3.05) is 7.11 Å². The zero-order valence-electron chi connectivity index (χ0n) is 17.7. The van der Waals surface area contributed by atoms with E-state index in [9.17, 15) is 5.26 Å². The summed E-state index contributed by atoms with van der Waals surface area (Å²) >= 11 is 0. The van der Waals surface area contributed by atoms with Gasteiger partial charge in [-0.05, 0) is 54.7 Å². The number of benzene rings is 3. The van der Waals surface area contributed by atoms with Crippen LogP contribution in [0.4, 0.5) is 0 Å². The monoisotopic (exact) mass is 419 g/mol. The van der Waals surface area contributed by atoms with Gasteiger partial charge in [-0.1, -0.05) is 42.5 Å². The van der Waals surface area contributed by atoms with Gasteiger partial charge < -0.3 is 9.15 Å². The predicted octanol–water partition coefficient (Wildman–Crippen LogP) is 5.73. The van der Waals surface area contributed by atoms with Crippen LogP contribution < -0.4 is 4.74 Å². The molecular formula is C27H21N3O2. The largest absolute Gasteiger partial charge is 0.493 e. The van der Waals surface area contributed by atoms with Crippen molar-refractivity contribution in [3.63, 3.8) is 0 Å². The summed E-state index contributed by atoms with van der Waals surface area (Å²) in [4.78, 5) is 0. The highest BCUT2D eigenvalue weighted by molar-refractivity contribution is 6.09. The van der Waals surface area contributed by atoms with Crippen LogP contribution in [0.5, 0.6) is 5.75 Å². The summed E-state index contributed by atoms with van der Waals surface area (Å²) < 4.78 is 13.7. The zero-order valence-corrected chi connectivity index (χ0v) is 17.7. The Kier molecular flexibility index (Phi) is 4.09. The first-order valence-corrected chi connectivity index (χ1v) is 10.8. The van der Waals surface area contributed by atoms with E-state index in [0.29, 0.717) is 24.2 Å². The van der Waals surface area contributed by atoms with Crippen LogP contribution in [-0.4, -0.2) is 16.9 Å². The average Bonchev–Trinajstić information content (AvgIpc) is 3.45. The summed E-state index contributed by atoms with van der Waals surface area (Å²) in [6, 6.07) is 24.7. The molecule has 2 heterocycles. The molecule has 0 amide bonds. The molecule has 0 saturated heterocycles. The lowest BCUT2D eigenvalue weighted by Crippen LogP contribution is -2.31. The molecule has 0 bridgehead atoms. The number of aryl methyl sites for hydroxylation is 1. The second-order valence-electron chi connectivity index (χ2n) is 8.37. The van der Waals surface area contributed by atoms with Gasteiger partial charge in [0.05, 0.1) is 30.0 Å². The second kappa shape index (κ2) is 7.00. The normalized spacial score (nSPS) is 17.9. The Morgan fingerprint density at radius 2 is 1.88 bits per heavy atom. The van der Waals surface area contributed by atoms with Gasteiger partial charge in [-0.25, -0.2) is 4.68 Å². The third-order valence-electron chi connectivity index (χ3n) is 6.62. The third-order valence-corrected chi connectivity index (χ3v) is 6.62. The number of furan rings is 1. The minimum atomic E-state index is -0.658. The standard InChI is InChI=1S/C27H21N3O2/c1-31-24-12-11-21(25-20-9-5-6-10-23(20)32-26(24)25)27(17-28)14-13-22-18(15-27)16-30(29-22)19-7-3-2-4-8-19/h2-12,16H,13-15H2,1H3. The average molecular weight is 419 g/mol. The first kappa shape index (κ1) is 18.7. The molecule has 2 aromatic heterocycles. The van der Waals surface area contributed by atoms with E-state index in [0.717, 1.165) is 45.3 Å². The molecule has 5 heteroatoms. The Morgan fingerprint density at radius 3 is 2.69 bits per heavy atom. The number of methoxy groups -OCH3 is 1. The fourth-order valence-electron chi connectivity index (χ4n) is 5.01. The van der Waals surface area contributed by atoms with E-state index in [1.165, 1.54) is 0 Å². The molecule has 6 rings (SSSR count). The number of hydrogen-bond donors (Lipinski definition) is 0. The van der Waals surface area contributed by atoms with Crippen LogP contribution in [0.15, 0.2) is 77.3 Å². The molecule has 156 valence electrons. The van der Waals surface area contributed by atoms with Crippen molar-refractivity contribution in [1.29, 1.82) is 5.26 Å². The van der Waals surface area contributed by atoms with Crippen molar-refractivity contribution >= 4 is 21.9 Å². The highest BCUT2D eigenvalue weighted by Gasteiger charge is 2.40. The molecule has 0 N–H and O–H groups in total. The van der Waals surface area contributed by atoms with Crippen LogP contribution in [0.2, 0.25) is 0 Å². The van der Waals surface area contributed by atoms with E-state index >= 15 is 0 Å². The lowest BCUT2D eigenvalue weighted by molar-refractivity contribution is 0.411. The third kappa shape index (κ3) is 2.66. The molecule has 0 saturated carbocycles. The van der Waals surface area contributed by atoms with Gasteiger partial charge in [0.2, 0.25) is 0 Å². The minimum Gasteiger partial charge on any atom is -0.493 e. The van der Waals surface area contributed by atoms with Crippen molar-refractivity contribution < 1.29 is 9.15 Å². The van der Waals surface area contributed by atoms with Gasteiger partial charge in [-0.15, -0.1) is 0 Å². The van der Waals surface area contributed by atoms with Gasteiger partial charge in [0.1, 0.15) is 5.58 Å².